The molecule has 0 fully saturated rings. The van der Waals surface area contributed by atoms with Crippen LogP contribution in [0.4, 0.5) is 4.79 Å². The number of nitrogens with zero attached hydrogens (tertiary/aromatic N) is 3. The molecule has 0 atom stereocenters. The van der Waals surface area contributed by atoms with Crippen molar-refractivity contribution < 1.29 is 14.7 Å². The van der Waals surface area contributed by atoms with Gasteiger partial charge in [-0.3, -0.25) is 9.48 Å². The van der Waals surface area contributed by atoms with Crippen LogP contribution in [0.5, 0.6) is 0 Å². The third-order valence-corrected chi connectivity index (χ3v) is 2.27. The van der Waals surface area contributed by atoms with E-state index in [4.69, 9.17) is 11.5 Å². The fourth-order valence-corrected chi connectivity index (χ4v) is 1.45. The summed E-state index contributed by atoms with van der Waals surface area (Å²) in [6, 6.07) is -0.496. The lowest BCUT2D eigenvalue weighted by Gasteiger charge is -2.18. The molecule has 0 unspecified atom stereocenters. The summed E-state index contributed by atoms with van der Waals surface area (Å²) in [5.74, 6) is 1.15. The van der Waals surface area contributed by atoms with Crippen LogP contribution in [0.15, 0.2) is 12.4 Å². The topological polar surface area (TPSA) is 87.5 Å². The van der Waals surface area contributed by atoms with Crippen molar-refractivity contribution >= 4 is 12.0 Å². The minimum absolute atomic E-state index is 0.0426. The molecule has 7 heteroatoms. The van der Waals surface area contributed by atoms with Gasteiger partial charge in [0.05, 0.1) is 19.3 Å². The number of aromatic nitrogens is 2. The molecular weight excluding hydrogens is 248 g/mol. The molecule has 1 heterocycles. The first-order chi connectivity index (χ1) is 9.02. The number of aliphatic carboxylic acids is 1. The maximum atomic E-state index is 11.7. The summed E-state index contributed by atoms with van der Waals surface area (Å²) in [4.78, 5) is 23.3. The monoisotopic (exact) mass is 264 g/mol. The van der Waals surface area contributed by atoms with Gasteiger partial charge in [0.25, 0.3) is 0 Å². The average molecular weight is 264 g/mol. The second kappa shape index (κ2) is 7.06. The van der Waals surface area contributed by atoms with Crippen LogP contribution in [-0.2, 0) is 11.3 Å². The summed E-state index contributed by atoms with van der Waals surface area (Å²) in [7, 11) is 0. The van der Waals surface area contributed by atoms with Crippen LogP contribution >= 0.6 is 0 Å². The molecule has 102 valence electrons. The Hall–Kier alpha value is -2.49. The highest BCUT2D eigenvalue weighted by Crippen LogP contribution is 1.94. The molecule has 19 heavy (non-hydrogen) atoms. The first kappa shape index (κ1) is 14.6. The van der Waals surface area contributed by atoms with Gasteiger partial charge in [0.1, 0.15) is 6.54 Å². The Kier molecular flexibility index (Phi) is 5.41. The van der Waals surface area contributed by atoms with Gasteiger partial charge in [-0.2, -0.15) is 5.10 Å². The molecule has 1 rings (SSSR count). The van der Waals surface area contributed by atoms with Gasteiger partial charge in [-0.1, -0.05) is 5.92 Å². The normalized spacial score (nSPS) is 9.68. The van der Waals surface area contributed by atoms with E-state index >= 15 is 0 Å². The van der Waals surface area contributed by atoms with Crippen LogP contribution in [0.3, 0.4) is 0 Å². The van der Waals surface area contributed by atoms with E-state index in [0.29, 0.717) is 13.1 Å². The molecule has 2 amide bonds. The Balaban J connectivity index is 2.39. The van der Waals surface area contributed by atoms with Crippen LogP contribution in [-0.4, -0.2) is 51.4 Å². The second-order valence-corrected chi connectivity index (χ2v) is 3.97. The van der Waals surface area contributed by atoms with Crippen LogP contribution < -0.4 is 5.32 Å². The molecule has 2 N–H and O–H groups in total. The molecule has 0 radical (unpaired) electrons. The first-order valence-electron chi connectivity index (χ1n) is 5.70. The smallest absolute Gasteiger partial charge is 0.323 e. The molecule has 0 aliphatic heterocycles. The number of amides is 2. The van der Waals surface area contributed by atoms with Gasteiger partial charge in [0.15, 0.2) is 0 Å². The van der Waals surface area contributed by atoms with Crippen LogP contribution in [0.25, 0.3) is 0 Å². The molecule has 1 aromatic heterocycles. The van der Waals surface area contributed by atoms with Crippen molar-refractivity contribution in [3.8, 4) is 12.3 Å². The van der Waals surface area contributed by atoms with Crippen molar-refractivity contribution in [1.82, 2.24) is 20.0 Å². The van der Waals surface area contributed by atoms with Crippen molar-refractivity contribution in [1.29, 1.82) is 0 Å². The second-order valence-electron chi connectivity index (χ2n) is 3.97. The number of carboxylic acids is 1. The quantitative estimate of drug-likeness (QED) is 0.704. The third-order valence-electron chi connectivity index (χ3n) is 2.27. The van der Waals surface area contributed by atoms with E-state index in [9.17, 15) is 9.59 Å². The maximum absolute atomic E-state index is 11.7. The number of carbonyl (C=O) groups is 2. The van der Waals surface area contributed by atoms with Crippen molar-refractivity contribution in [2.24, 2.45) is 0 Å². The SMILES string of the molecule is C#CCN(CC(=O)O)C(=O)NCCn1cc(C)cn1. The van der Waals surface area contributed by atoms with Gasteiger partial charge in [-0.05, 0) is 12.5 Å². The van der Waals surface area contributed by atoms with E-state index in [1.807, 2.05) is 13.1 Å². The summed E-state index contributed by atoms with van der Waals surface area (Å²) in [5.41, 5.74) is 1.03. The zero-order chi connectivity index (χ0) is 14.3. The molecule has 0 aromatic carbocycles. The number of hydrogen-bond donors (Lipinski definition) is 2. The summed E-state index contributed by atoms with van der Waals surface area (Å²) in [6.45, 7) is 2.32. The molecule has 1 aromatic rings. The highest BCUT2D eigenvalue weighted by atomic mass is 16.4. The lowest BCUT2D eigenvalue weighted by Crippen LogP contribution is -2.43. The highest BCUT2D eigenvalue weighted by Gasteiger charge is 2.14. The number of carboxylic acid groups (broad SMARTS) is 1. The number of hydrogen-bond acceptors (Lipinski definition) is 3. The number of aryl methyl sites for hydroxylation is 1. The summed E-state index contributed by atoms with van der Waals surface area (Å²) < 4.78 is 1.69. The molecular formula is C12H16N4O3. The Bertz CT molecular complexity index is 489. The average Bonchev–Trinajstić information content (AvgIpc) is 2.74. The third kappa shape index (κ3) is 5.12. The van der Waals surface area contributed by atoms with Gasteiger partial charge in [0, 0.05) is 12.7 Å². The highest BCUT2D eigenvalue weighted by molar-refractivity contribution is 5.80. The van der Waals surface area contributed by atoms with Gasteiger partial charge in [-0.15, -0.1) is 6.42 Å². The van der Waals surface area contributed by atoms with Crippen molar-refractivity contribution in [3.63, 3.8) is 0 Å². The van der Waals surface area contributed by atoms with E-state index in [1.165, 1.54) is 0 Å². The minimum Gasteiger partial charge on any atom is -0.480 e. The first-order valence-corrected chi connectivity index (χ1v) is 5.70. The fourth-order valence-electron chi connectivity index (χ4n) is 1.45. The number of urea groups is 1. The summed E-state index contributed by atoms with van der Waals surface area (Å²) >= 11 is 0. The van der Waals surface area contributed by atoms with Crippen molar-refractivity contribution in [2.75, 3.05) is 19.6 Å². The number of nitrogens with one attached hydrogen (secondary N) is 1. The van der Waals surface area contributed by atoms with Gasteiger partial charge >= 0.3 is 12.0 Å². The molecule has 0 saturated heterocycles. The van der Waals surface area contributed by atoms with Gasteiger partial charge in [-0.25, -0.2) is 4.79 Å². The summed E-state index contributed by atoms with van der Waals surface area (Å²) in [6.07, 6.45) is 8.66. The molecule has 7 nitrogen and oxygen atoms in total. The fraction of sp³-hybridized carbons (Fsp3) is 0.417. The van der Waals surface area contributed by atoms with Crippen LogP contribution in [0.1, 0.15) is 5.56 Å². The van der Waals surface area contributed by atoms with E-state index in [-0.39, 0.29) is 6.54 Å². The molecule has 0 bridgehead atoms. The van der Waals surface area contributed by atoms with Crippen molar-refractivity contribution in [2.45, 2.75) is 13.5 Å². The number of carbonyl (C=O) groups excluding carboxylic acids is 1. The lowest BCUT2D eigenvalue weighted by molar-refractivity contribution is -0.137. The van der Waals surface area contributed by atoms with Gasteiger partial charge < -0.3 is 15.3 Å². The van der Waals surface area contributed by atoms with E-state index in [2.05, 4.69) is 16.3 Å². The Morgan fingerprint density at radius 3 is 2.89 bits per heavy atom. The Labute approximate surface area is 111 Å². The lowest BCUT2D eigenvalue weighted by atomic mass is 10.4. The predicted octanol–water partition coefficient (Wildman–Crippen LogP) is -0.0791. The predicted molar refractivity (Wildman–Crippen MR) is 68.4 cm³/mol. The zero-order valence-corrected chi connectivity index (χ0v) is 10.7. The maximum Gasteiger partial charge on any atom is 0.323 e. The zero-order valence-electron chi connectivity index (χ0n) is 10.7. The van der Waals surface area contributed by atoms with E-state index in [1.54, 1.807) is 10.9 Å². The molecule has 0 aliphatic rings. The largest absolute Gasteiger partial charge is 0.480 e. The Morgan fingerprint density at radius 1 is 1.63 bits per heavy atom. The standard InChI is InChI=1S/C12H16N4O3/c1-3-5-15(9-11(17)18)12(19)13-4-6-16-8-10(2)7-14-16/h1,7-8H,4-6,9H2,2H3,(H,13,19)(H,17,18). The van der Waals surface area contributed by atoms with Crippen LogP contribution in [0.2, 0.25) is 0 Å². The number of rotatable bonds is 6. The minimum atomic E-state index is -1.10. The van der Waals surface area contributed by atoms with E-state index in [0.717, 1.165) is 10.5 Å². The van der Waals surface area contributed by atoms with Gasteiger partial charge in [0.2, 0.25) is 0 Å². The molecule has 0 saturated carbocycles. The summed E-state index contributed by atoms with van der Waals surface area (Å²) in [5, 5.41) is 15.3. The number of terminal acetylenes is 1. The molecule has 0 spiro atoms. The molecule has 0 aliphatic carbocycles. The van der Waals surface area contributed by atoms with Crippen molar-refractivity contribution in [3.05, 3.63) is 18.0 Å². The van der Waals surface area contributed by atoms with E-state index < -0.39 is 18.5 Å². The Morgan fingerprint density at radius 2 is 2.37 bits per heavy atom. The van der Waals surface area contributed by atoms with Crippen LogP contribution in [0, 0.1) is 19.3 Å².